The van der Waals surface area contributed by atoms with Gasteiger partial charge in [0.05, 0.1) is 11.6 Å². The first-order valence-electron chi connectivity index (χ1n) is 6.14. The van der Waals surface area contributed by atoms with Crippen LogP contribution in [0.2, 0.25) is 0 Å². The fourth-order valence-corrected chi connectivity index (χ4v) is 2.45. The van der Waals surface area contributed by atoms with Crippen LogP contribution in [0.15, 0.2) is 24.3 Å². The number of hydrogen-bond donors (Lipinski definition) is 1. The number of rotatable bonds is 3. The van der Waals surface area contributed by atoms with E-state index in [4.69, 9.17) is 4.74 Å². The summed E-state index contributed by atoms with van der Waals surface area (Å²) in [6.07, 6.45) is 0.919. The molecule has 2 unspecified atom stereocenters. The monoisotopic (exact) mass is 311 g/mol. The zero-order valence-electron chi connectivity index (χ0n) is 10.7. The number of nitrogens with one attached hydrogen (secondary N) is 1. The van der Waals surface area contributed by atoms with Gasteiger partial charge in [0, 0.05) is 17.5 Å². The molecular weight excluding hydrogens is 294 g/mol. The summed E-state index contributed by atoms with van der Waals surface area (Å²) in [4.78, 5) is 12.2. The van der Waals surface area contributed by atoms with Crippen LogP contribution < -0.4 is 5.32 Å². The Kier molecular flexibility index (Phi) is 4.07. The number of alkyl halides is 1. The molecule has 18 heavy (non-hydrogen) atoms. The molecule has 0 aromatic heterocycles. The summed E-state index contributed by atoms with van der Waals surface area (Å²) in [6, 6.07) is 7.63. The summed E-state index contributed by atoms with van der Waals surface area (Å²) in [6.45, 7) is 4.75. The fraction of sp³-hybridized carbons (Fsp3) is 0.500. The van der Waals surface area contributed by atoms with Crippen molar-refractivity contribution < 1.29 is 9.53 Å². The smallest absolute Gasteiger partial charge is 0.251 e. The van der Waals surface area contributed by atoms with Gasteiger partial charge in [-0.25, -0.2) is 0 Å². The Bertz CT molecular complexity index is 432. The Balaban J connectivity index is 2.07. The standard InChI is InChI=1S/C14H18BrNO2/c1-10-14(2,7-8-18-10)16-13(17)12-5-3-11(9-15)4-6-12/h3-6,10H,7-9H2,1-2H3,(H,16,17). The van der Waals surface area contributed by atoms with Crippen LogP contribution in [0, 0.1) is 0 Å². The van der Waals surface area contributed by atoms with E-state index in [2.05, 4.69) is 21.2 Å². The molecule has 1 heterocycles. The molecule has 0 bridgehead atoms. The molecule has 0 radical (unpaired) electrons. The largest absolute Gasteiger partial charge is 0.376 e. The number of benzene rings is 1. The average molecular weight is 312 g/mol. The van der Waals surface area contributed by atoms with Crippen LogP contribution in [0.5, 0.6) is 0 Å². The Morgan fingerprint density at radius 1 is 1.50 bits per heavy atom. The molecular formula is C14H18BrNO2. The molecule has 0 spiro atoms. The van der Waals surface area contributed by atoms with Gasteiger partial charge in [-0.05, 0) is 38.0 Å². The number of carbonyl (C=O) groups is 1. The van der Waals surface area contributed by atoms with E-state index in [1.807, 2.05) is 38.1 Å². The van der Waals surface area contributed by atoms with Crippen LogP contribution in [0.25, 0.3) is 0 Å². The summed E-state index contributed by atoms with van der Waals surface area (Å²) < 4.78 is 5.52. The van der Waals surface area contributed by atoms with E-state index in [-0.39, 0.29) is 17.6 Å². The highest BCUT2D eigenvalue weighted by molar-refractivity contribution is 9.08. The maximum absolute atomic E-state index is 12.2. The van der Waals surface area contributed by atoms with Gasteiger partial charge in [-0.15, -0.1) is 0 Å². The molecule has 1 aromatic rings. The maximum atomic E-state index is 12.2. The van der Waals surface area contributed by atoms with Crippen molar-refractivity contribution in [3.05, 3.63) is 35.4 Å². The molecule has 0 aliphatic carbocycles. The molecule has 4 heteroatoms. The predicted molar refractivity (Wildman–Crippen MR) is 75.0 cm³/mol. The lowest BCUT2D eigenvalue weighted by Gasteiger charge is -2.28. The second-order valence-corrected chi connectivity index (χ2v) is 5.53. The minimum absolute atomic E-state index is 0.0315. The second-order valence-electron chi connectivity index (χ2n) is 4.97. The van der Waals surface area contributed by atoms with Crippen molar-refractivity contribution in [2.24, 2.45) is 0 Å². The Hall–Kier alpha value is -0.870. The van der Waals surface area contributed by atoms with Gasteiger partial charge in [0.1, 0.15) is 0 Å². The lowest BCUT2D eigenvalue weighted by molar-refractivity contribution is 0.0727. The highest BCUT2D eigenvalue weighted by Gasteiger charge is 2.38. The van der Waals surface area contributed by atoms with E-state index >= 15 is 0 Å². The molecule has 1 aromatic carbocycles. The Morgan fingerprint density at radius 3 is 2.67 bits per heavy atom. The summed E-state index contributed by atoms with van der Waals surface area (Å²) in [5.74, 6) is -0.0315. The molecule has 3 nitrogen and oxygen atoms in total. The van der Waals surface area contributed by atoms with Gasteiger partial charge < -0.3 is 10.1 Å². The van der Waals surface area contributed by atoms with E-state index in [0.29, 0.717) is 12.2 Å². The van der Waals surface area contributed by atoms with E-state index in [1.54, 1.807) is 0 Å². The number of hydrogen-bond acceptors (Lipinski definition) is 2. The number of amides is 1. The quantitative estimate of drug-likeness (QED) is 0.872. The fourth-order valence-electron chi connectivity index (χ4n) is 2.08. The van der Waals surface area contributed by atoms with Crippen LogP contribution >= 0.6 is 15.9 Å². The van der Waals surface area contributed by atoms with Crippen molar-refractivity contribution in [3.8, 4) is 0 Å². The van der Waals surface area contributed by atoms with Crippen LogP contribution in [0.4, 0.5) is 0 Å². The number of halogens is 1. The Labute approximate surface area is 116 Å². The van der Waals surface area contributed by atoms with Crippen molar-refractivity contribution in [3.63, 3.8) is 0 Å². The van der Waals surface area contributed by atoms with Gasteiger partial charge in [-0.3, -0.25) is 4.79 Å². The third-order valence-electron chi connectivity index (χ3n) is 3.66. The Morgan fingerprint density at radius 2 is 2.17 bits per heavy atom. The number of carbonyl (C=O) groups excluding carboxylic acids is 1. The van der Waals surface area contributed by atoms with E-state index in [9.17, 15) is 4.79 Å². The molecule has 2 atom stereocenters. The summed E-state index contributed by atoms with van der Waals surface area (Å²) in [5.41, 5.74) is 1.60. The van der Waals surface area contributed by atoms with Crippen LogP contribution in [-0.2, 0) is 10.1 Å². The SMILES string of the molecule is CC1OCCC1(C)NC(=O)c1ccc(CBr)cc1. The van der Waals surface area contributed by atoms with Crippen molar-refractivity contribution >= 4 is 21.8 Å². The topological polar surface area (TPSA) is 38.3 Å². The molecule has 2 rings (SSSR count). The van der Waals surface area contributed by atoms with Crippen LogP contribution in [-0.4, -0.2) is 24.2 Å². The van der Waals surface area contributed by atoms with Crippen molar-refractivity contribution in [1.29, 1.82) is 0 Å². The zero-order valence-corrected chi connectivity index (χ0v) is 12.3. The molecule has 1 fully saturated rings. The summed E-state index contributed by atoms with van der Waals surface area (Å²) in [7, 11) is 0. The minimum atomic E-state index is -0.259. The summed E-state index contributed by atoms with van der Waals surface area (Å²) in [5, 5.41) is 3.89. The van der Waals surface area contributed by atoms with Gasteiger partial charge in [0.2, 0.25) is 0 Å². The highest BCUT2D eigenvalue weighted by atomic mass is 79.9. The molecule has 1 amide bonds. The molecule has 0 saturated carbocycles. The average Bonchev–Trinajstić information content (AvgIpc) is 2.69. The van der Waals surface area contributed by atoms with Crippen LogP contribution in [0.1, 0.15) is 36.2 Å². The normalized spacial score (nSPS) is 27.2. The molecule has 98 valence electrons. The first-order valence-corrected chi connectivity index (χ1v) is 7.26. The number of ether oxygens (including phenoxy) is 1. The minimum Gasteiger partial charge on any atom is -0.376 e. The van der Waals surface area contributed by atoms with Crippen molar-refractivity contribution in [2.45, 2.75) is 37.2 Å². The first-order chi connectivity index (χ1) is 8.55. The third kappa shape index (κ3) is 2.75. The lowest BCUT2D eigenvalue weighted by Crippen LogP contribution is -2.50. The first kappa shape index (κ1) is 13.6. The maximum Gasteiger partial charge on any atom is 0.251 e. The molecule has 1 aliphatic rings. The van der Waals surface area contributed by atoms with Crippen LogP contribution in [0.3, 0.4) is 0 Å². The molecule has 1 aliphatic heterocycles. The predicted octanol–water partition coefficient (Wildman–Crippen LogP) is 2.88. The van der Waals surface area contributed by atoms with Gasteiger partial charge in [-0.2, -0.15) is 0 Å². The van der Waals surface area contributed by atoms with Crippen molar-refractivity contribution in [2.75, 3.05) is 6.61 Å². The lowest BCUT2D eigenvalue weighted by atomic mass is 9.94. The van der Waals surface area contributed by atoms with Crippen molar-refractivity contribution in [1.82, 2.24) is 5.32 Å². The second kappa shape index (κ2) is 5.41. The zero-order chi connectivity index (χ0) is 13.2. The molecule has 1 saturated heterocycles. The summed E-state index contributed by atoms with van der Waals surface area (Å²) >= 11 is 3.39. The van der Waals surface area contributed by atoms with Gasteiger partial charge in [0.25, 0.3) is 5.91 Å². The van der Waals surface area contributed by atoms with Gasteiger partial charge in [0.15, 0.2) is 0 Å². The van der Waals surface area contributed by atoms with E-state index in [1.165, 1.54) is 0 Å². The van der Waals surface area contributed by atoms with E-state index in [0.717, 1.165) is 17.3 Å². The third-order valence-corrected chi connectivity index (χ3v) is 4.30. The van der Waals surface area contributed by atoms with E-state index < -0.39 is 0 Å². The van der Waals surface area contributed by atoms with Gasteiger partial charge >= 0.3 is 0 Å². The van der Waals surface area contributed by atoms with Gasteiger partial charge in [-0.1, -0.05) is 28.1 Å². The molecule has 1 N–H and O–H groups in total. The highest BCUT2D eigenvalue weighted by Crippen LogP contribution is 2.25.